The topological polar surface area (TPSA) is 108 Å². The third-order valence-corrected chi connectivity index (χ3v) is 5.99. The molecule has 3 aromatic carbocycles. The Morgan fingerprint density at radius 3 is 2.17 bits per heavy atom. The molecule has 0 radical (unpaired) electrons. The summed E-state index contributed by atoms with van der Waals surface area (Å²) < 4.78 is 68.4. The highest BCUT2D eigenvalue weighted by molar-refractivity contribution is 7.92. The van der Waals surface area contributed by atoms with Crippen LogP contribution in [0.25, 0.3) is 11.1 Å². The first-order valence-corrected chi connectivity index (χ1v) is 12.5. The van der Waals surface area contributed by atoms with Crippen LogP contribution in [0.1, 0.15) is 12.8 Å². The van der Waals surface area contributed by atoms with Crippen LogP contribution < -0.4 is 15.4 Å². The third kappa shape index (κ3) is 5.92. The molecule has 1 saturated carbocycles. The monoisotopic (exact) mass is 505 g/mol. The molecule has 3 aromatic rings. The van der Waals surface area contributed by atoms with Crippen LogP contribution in [0.5, 0.6) is 0 Å². The van der Waals surface area contributed by atoms with Crippen molar-refractivity contribution in [1.82, 2.24) is 0 Å². The van der Waals surface area contributed by atoms with Crippen molar-refractivity contribution in [3.8, 4) is 11.1 Å². The summed E-state index contributed by atoms with van der Waals surface area (Å²) in [6, 6.07) is 12.3. The number of rotatable bonds is 9. The zero-order valence-corrected chi connectivity index (χ0v) is 19.3. The van der Waals surface area contributed by atoms with Crippen LogP contribution in [0.3, 0.4) is 0 Å². The molecular formula is C24H22F3N3O4S. The summed E-state index contributed by atoms with van der Waals surface area (Å²) in [4.78, 5) is 12.1. The lowest BCUT2D eigenvalue weighted by atomic mass is 10.0. The predicted molar refractivity (Wildman–Crippen MR) is 127 cm³/mol. The van der Waals surface area contributed by atoms with Gasteiger partial charge >= 0.3 is 0 Å². The van der Waals surface area contributed by atoms with Crippen molar-refractivity contribution < 1.29 is 31.5 Å². The summed E-state index contributed by atoms with van der Waals surface area (Å²) in [6.07, 6.45) is 0.736. The van der Waals surface area contributed by atoms with Crippen LogP contribution in [0.15, 0.2) is 54.6 Å². The number of halogens is 3. The quantitative estimate of drug-likeness (QED) is 0.317. The highest BCUT2D eigenvalue weighted by Crippen LogP contribution is 2.35. The predicted octanol–water partition coefficient (Wildman–Crippen LogP) is 4.60. The maximum absolute atomic E-state index is 14.9. The second-order valence-corrected chi connectivity index (χ2v) is 10.0. The highest BCUT2D eigenvalue weighted by Gasteiger charge is 2.34. The summed E-state index contributed by atoms with van der Waals surface area (Å²) in [5.74, 6) is -3.99. The fourth-order valence-corrected chi connectivity index (χ4v) is 4.04. The molecule has 0 saturated heterocycles. The normalized spacial score (nSPS) is 14.3. The van der Waals surface area contributed by atoms with E-state index >= 15 is 0 Å². The van der Waals surface area contributed by atoms with Crippen LogP contribution in [0, 0.1) is 23.4 Å². The fraction of sp³-hybridized carbons (Fsp3) is 0.208. The number of Topliss-reactive ketones (excluding diaryl/α,β-unsaturated/α-hetero) is 1. The number of carbonyl (C=O) groups excluding carboxylic acids is 1. The first-order valence-electron chi connectivity index (χ1n) is 10.6. The van der Waals surface area contributed by atoms with E-state index in [2.05, 4.69) is 15.4 Å². The zero-order valence-electron chi connectivity index (χ0n) is 18.5. The van der Waals surface area contributed by atoms with Gasteiger partial charge in [0.25, 0.3) is 0 Å². The van der Waals surface area contributed by atoms with E-state index in [1.54, 1.807) is 18.2 Å². The number of carbonyl (C=O) groups is 1. The minimum absolute atomic E-state index is 0.108. The van der Waals surface area contributed by atoms with Gasteiger partial charge in [0.1, 0.15) is 11.5 Å². The van der Waals surface area contributed by atoms with E-state index < -0.39 is 45.2 Å². The van der Waals surface area contributed by atoms with Crippen LogP contribution in [-0.4, -0.2) is 31.8 Å². The molecule has 7 nitrogen and oxygen atoms in total. The minimum Gasteiger partial charge on any atom is -0.367 e. The maximum atomic E-state index is 14.9. The number of aliphatic hydroxyl groups is 1. The summed E-state index contributed by atoms with van der Waals surface area (Å²) in [6.45, 7) is 0. The molecule has 0 heterocycles. The average molecular weight is 506 g/mol. The molecule has 184 valence electrons. The molecule has 1 aliphatic rings. The summed E-state index contributed by atoms with van der Waals surface area (Å²) in [5, 5.41) is 15.1. The number of ketones is 1. The molecule has 4 N–H and O–H groups in total. The van der Waals surface area contributed by atoms with Crippen molar-refractivity contribution in [3.05, 3.63) is 72.0 Å². The first kappa shape index (κ1) is 24.6. The van der Waals surface area contributed by atoms with Crippen LogP contribution in [0.2, 0.25) is 0 Å². The molecule has 4 rings (SSSR count). The van der Waals surface area contributed by atoms with Gasteiger partial charge in [0.05, 0.1) is 17.6 Å². The van der Waals surface area contributed by atoms with Crippen molar-refractivity contribution in [2.75, 3.05) is 21.6 Å². The standard InChI is InChI=1S/C24H22F3N3O4S/c1-35(33,34)30-16-7-4-13(5-8-16)15-6-10-19(18(26)12-15)28-22-20(11-9-17(25)21(22)27)29-24(32)23(31)14-2-3-14/h4-12,14,24,28-30,32H,2-3H2,1H3. The second-order valence-electron chi connectivity index (χ2n) is 8.28. The van der Waals surface area contributed by atoms with E-state index in [4.69, 9.17) is 0 Å². The SMILES string of the molecule is CS(=O)(=O)Nc1ccc(-c2ccc(Nc3c(NC(O)C(=O)C4CC4)ccc(F)c3F)c(F)c2)cc1. The maximum Gasteiger partial charge on any atom is 0.229 e. The van der Waals surface area contributed by atoms with Gasteiger partial charge in [-0.25, -0.2) is 21.6 Å². The Hall–Kier alpha value is -3.57. The number of hydrogen-bond acceptors (Lipinski definition) is 6. The van der Waals surface area contributed by atoms with E-state index in [0.29, 0.717) is 29.7 Å². The zero-order chi connectivity index (χ0) is 25.3. The van der Waals surface area contributed by atoms with Crippen LogP contribution in [0.4, 0.5) is 35.9 Å². The smallest absolute Gasteiger partial charge is 0.229 e. The average Bonchev–Trinajstić information content (AvgIpc) is 3.64. The van der Waals surface area contributed by atoms with Crippen LogP contribution >= 0.6 is 0 Å². The number of nitrogens with one attached hydrogen (secondary N) is 3. The molecule has 0 spiro atoms. The third-order valence-electron chi connectivity index (χ3n) is 5.39. The minimum atomic E-state index is -3.44. The summed E-state index contributed by atoms with van der Waals surface area (Å²) in [5.41, 5.74) is 0.662. The largest absolute Gasteiger partial charge is 0.367 e. The Labute approximate surface area is 200 Å². The molecule has 1 atom stereocenters. The molecular weight excluding hydrogens is 483 g/mol. The fourth-order valence-electron chi connectivity index (χ4n) is 3.48. The van der Waals surface area contributed by atoms with Gasteiger partial charge in [-0.2, -0.15) is 0 Å². The Morgan fingerprint density at radius 1 is 0.943 bits per heavy atom. The van der Waals surface area contributed by atoms with E-state index in [1.807, 2.05) is 0 Å². The lowest BCUT2D eigenvalue weighted by molar-refractivity contribution is -0.127. The van der Waals surface area contributed by atoms with Gasteiger partial charge in [-0.15, -0.1) is 0 Å². The van der Waals surface area contributed by atoms with Gasteiger partial charge in [0, 0.05) is 11.6 Å². The Morgan fingerprint density at radius 2 is 1.57 bits per heavy atom. The molecule has 35 heavy (non-hydrogen) atoms. The van der Waals surface area contributed by atoms with E-state index in [0.717, 1.165) is 18.4 Å². The highest BCUT2D eigenvalue weighted by atomic mass is 32.2. The van der Waals surface area contributed by atoms with Gasteiger partial charge in [-0.1, -0.05) is 18.2 Å². The lowest BCUT2D eigenvalue weighted by Crippen LogP contribution is -2.30. The molecule has 1 unspecified atom stereocenters. The molecule has 1 aliphatic carbocycles. The van der Waals surface area contributed by atoms with Crippen molar-refractivity contribution in [1.29, 1.82) is 0 Å². The number of aliphatic hydroxyl groups excluding tert-OH is 1. The second kappa shape index (κ2) is 9.59. The molecule has 0 bridgehead atoms. The first-order chi connectivity index (χ1) is 16.5. The molecule has 11 heteroatoms. The van der Waals surface area contributed by atoms with Gasteiger partial charge < -0.3 is 15.7 Å². The number of anilines is 4. The van der Waals surface area contributed by atoms with Gasteiger partial charge in [-0.05, 0) is 60.4 Å². The van der Waals surface area contributed by atoms with E-state index in [9.17, 15) is 31.5 Å². The van der Waals surface area contributed by atoms with Crippen molar-refractivity contribution in [2.24, 2.45) is 5.92 Å². The molecule has 0 aromatic heterocycles. The number of hydrogen-bond donors (Lipinski definition) is 4. The summed E-state index contributed by atoms with van der Waals surface area (Å²) >= 11 is 0. The Balaban J connectivity index is 1.57. The van der Waals surface area contributed by atoms with Crippen LogP contribution in [-0.2, 0) is 14.8 Å². The summed E-state index contributed by atoms with van der Waals surface area (Å²) in [7, 11) is -3.44. The Bertz CT molecular complexity index is 1380. The number of benzene rings is 3. The molecule has 1 fully saturated rings. The molecule has 0 amide bonds. The van der Waals surface area contributed by atoms with Crippen molar-refractivity contribution >= 4 is 38.6 Å². The van der Waals surface area contributed by atoms with Gasteiger partial charge in [0.15, 0.2) is 23.6 Å². The van der Waals surface area contributed by atoms with E-state index in [-0.39, 0.29) is 17.3 Å². The van der Waals surface area contributed by atoms with Gasteiger partial charge in [0.2, 0.25) is 10.0 Å². The molecule has 0 aliphatic heterocycles. The van der Waals surface area contributed by atoms with Crippen molar-refractivity contribution in [3.63, 3.8) is 0 Å². The number of sulfonamides is 1. The Kier molecular flexibility index (Phi) is 6.73. The van der Waals surface area contributed by atoms with E-state index in [1.165, 1.54) is 24.3 Å². The van der Waals surface area contributed by atoms with Gasteiger partial charge in [-0.3, -0.25) is 9.52 Å². The van der Waals surface area contributed by atoms with Crippen molar-refractivity contribution in [2.45, 2.75) is 19.1 Å². The lowest BCUT2D eigenvalue weighted by Gasteiger charge is -2.18.